The lowest BCUT2D eigenvalue weighted by Crippen LogP contribution is -2.50. The highest BCUT2D eigenvalue weighted by Crippen LogP contribution is 2.21. The molecule has 19 heavy (non-hydrogen) atoms. The summed E-state index contributed by atoms with van der Waals surface area (Å²) >= 11 is 0. The number of rotatable bonds is 6. The maximum atomic E-state index is 12.5. The summed E-state index contributed by atoms with van der Waals surface area (Å²) in [5, 5.41) is 9.44. The van der Waals surface area contributed by atoms with E-state index >= 15 is 0 Å². The number of carbonyl (C=O) groups excluding carboxylic acids is 1. The first kappa shape index (κ1) is 15.7. The van der Waals surface area contributed by atoms with E-state index in [0.717, 1.165) is 5.75 Å². The van der Waals surface area contributed by atoms with Gasteiger partial charge in [-0.05, 0) is 52.1 Å². The van der Waals surface area contributed by atoms with Gasteiger partial charge in [-0.25, -0.2) is 0 Å². The molecule has 106 valence electrons. The standard InChI is InChI=1S/C15H23NO3/c1-11(17)10-16(4)15(2,3)14(18)12-6-8-13(19-5)9-7-12/h6-9,11,17H,10H2,1-5H3. The molecule has 0 aliphatic heterocycles. The van der Waals surface area contributed by atoms with Gasteiger partial charge in [-0.3, -0.25) is 9.69 Å². The second-order valence-electron chi connectivity index (χ2n) is 5.35. The molecule has 0 fully saturated rings. The summed E-state index contributed by atoms with van der Waals surface area (Å²) in [7, 11) is 3.44. The first-order chi connectivity index (χ1) is 8.78. The average Bonchev–Trinajstić information content (AvgIpc) is 2.37. The van der Waals surface area contributed by atoms with Crippen LogP contribution in [0, 0.1) is 0 Å². The molecule has 0 heterocycles. The van der Waals surface area contributed by atoms with Crippen LogP contribution < -0.4 is 4.74 Å². The number of hydrogen-bond acceptors (Lipinski definition) is 4. The molecule has 0 aromatic heterocycles. The Balaban J connectivity index is 2.90. The van der Waals surface area contributed by atoms with E-state index in [1.807, 2.05) is 25.8 Å². The number of β-amino-alcohol motifs (C(OH)–C–C–N with tert-alkyl or cyclic N) is 1. The zero-order valence-corrected chi connectivity index (χ0v) is 12.3. The number of aliphatic hydroxyl groups is 1. The van der Waals surface area contributed by atoms with E-state index in [-0.39, 0.29) is 5.78 Å². The summed E-state index contributed by atoms with van der Waals surface area (Å²) in [5.41, 5.74) is -0.0192. The third kappa shape index (κ3) is 3.78. The Hall–Kier alpha value is -1.39. The Morgan fingerprint density at radius 2 is 1.89 bits per heavy atom. The molecule has 0 saturated heterocycles. The van der Waals surface area contributed by atoms with Crippen molar-refractivity contribution in [3.05, 3.63) is 29.8 Å². The van der Waals surface area contributed by atoms with Crippen molar-refractivity contribution in [2.45, 2.75) is 32.4 Å². The number of Topliss-reactive ketones (excluding diaryl/α,β-unsaturated/α-hetero) is 1. The fourth-order valence-corrected chi connectivity index (χ4v) is 1.89. The molecule has 4 heteroatoms. The molecule has 0 amide bonds. The van der Waals surface area contributed by atoms with Crippen LogP contribution in [0.15, 0.2) is 24.3 Å². The minimum atomic E-state index is -0.661. The first-order valence-corrected chi connectivity index (χ1v) is 6.37. The van der Waals surface area contributed by atoms with Gasteiger partial charge in [-0.1, -0.05) is 0 Å². The second kappa shape index (κ2) is 6.17. The van der Waals surface area contributed by atoms with Crippen molar-refractivity contribution in [2.75, 3.05) is 20.7 Å². The Morgan fingerprint density at radius 1 is 1.37 bits per heavy atom. The molecular formula is C15H23NO3. The van der Waals surface area contributed by atoms with Crippen molar-refractivity contribution in [1.82, 2.24) is 4.90 Å². The fourth-order valence-electron chi connectivity index (χ4n) is 1.89. The topological polar surface area (TPSA) is 49.8 Å². The molecule has 1 unspecified atom stereocenters. The molecule has 0 bridgehead atoms. The van der Waals surface area contributed by atoms with Gasteiger partial charge in [0.25, 0.3) is 0 Å². The highest BCUT2D eigenvalue weighted by molar-refractivity contribution is 6.02. The van der Waals surface area contributed by atoms with E-state index in [9.17, 15) is 9.90 Å². The Labute approximate surface area is 115 Å². The Morgan fingerprint density at radius 3 is 2.32 bits per heavy atom. The quantitative estimate of drug-likeness (QED) is 0.799. The van der Waals surface area contributed by atoms with Crippen LogP contribution in [-0.2, 0) is 0 Å². The van der Waals surface area contributed by atoms with Gasteiger partial charge in [0.1, 0.15) is 5.75 Å². The SMILES string of the molecule is COc1ccc(C(=O)C(C)(C)N(C)CC(C)O)cc1. The van der Waals surface area contributed by atoms with Crippen LogP contribution in [0.1, 0.15) is 31.1 Å². The molecule has 1 aromatic carbocycles. The van der Waals surface area contributed by atoms with Crippen LogP contribution in [0.2, 0.25) is 0 Å². The highest BCUT2D eigenvalue weighted by Gasteiger charge is 2.33. The summed E-state index contributed by atoms with van der Waals surface area (Å²) in [6.45, 7) is 5.89. The smallest absolute Gasteiger partial charge is 0.182 e. The van der Waals surface area contributed by atoms with E-state index in [4.69, 9.17) is 4.74 Å². The highest BCUT2D eigenvalue weighted by atomic mass is 16.5. The minimum Gasteiger partial charge on any atom is -0.497 e. The van der Waals surface area contributed by atoms with E-state index in [1.165, 1.54) is 0 Å². The lowest BCUT2D eigenvalue weighted by Gasteiger charge is -2.35. The first-order valence-electron chi connectivity index (χ1n) is 6.37. The number of ether oxygens (including phenoxy) is 1. The maximum absolute atomic E-state index is 12.5. The van der Waals surface area contributed by atoms with Crippen LogP contribution in [-0.4, -0.2) is 48.1 Å². The van der Waals surface area contributed by atoms with Crippen LogP contribution in [0.3, 0.4) is 0 Å². The van der Waals surface area contributed by atoms with Crippen molar-refractivity contribution in [3.8, 4) is 5.75 Å². The monoisotopic (exact) mass is 265 g/mol. The molecule has 0 saturated carbocycles. The number of methoxy groups -OCH3 is 1. The molecular weight excluding hydrogens is 242 g/mol. The summed E-state index contributed by atoms with van der Waals surface area (Å²) in [5.74, 6) is 0.755. The fraction of sp³-hybridized carbons (Fsp3) is 0.533. The zero-order chi connectivity index (χ0) is 14.6. The van der Waals surface area contributed by atoms with Gasteiger partial charge in [-0.2, -0.15) is 0 Å². The normalized spacial score (nSPS) is 13.4. The number of nitrogens with zero attached hydrogens (tertiary/aromatic N) is 1. The van der Waals surface area contributed by atoms with Gasteiger partial charge in [-0.15, -0.1) is 0 Å². The van der Waals surface area contributed by atoms with Crippen LogP contribution in [0.5, 0.6) is 5.75 Å². The molecule has 0 aliphatic carbocycles. The number of benzene rings is 1. The van der Waals surface area contributed by atoms with Crippen molar-refractivity contribution < 1.29 is 14.6 Å². The van der Waals surface area contributed by atoms with Gasteiger partial charge >= 0.3 is 0 Å². The predicted molar refractivity (Wildman–Crippen MR) is 75.7 cm³/mol. The van der Waals surface area contributed by atoms with Crippen LogP contribution in [0.4, 0.5) is 0 Å². The number of carbonyl (C=O) groups is 1. The molecule has 0 radical (unpaired) electrons. The molecule has 0 aliphatic rings. The van der Waals surface area contributed by atoms with E-state index in [2.05, 4.69) is 0 Å². The van der Waals surface area contributed by atoms with Gasteiger partial charge in [0.05, 0.1) is 18.8 Å². The Kier molecular flexibility index (Phi) is 5.09. The molecule has 1 aromatic rings. The molecule has 1 atom stereocenters. The van der Waals surface area contributed by atoms with Crippen LogP contribution in [0.25, 0.3) is 0 Å². The summed E-state index contributed by atoms with van der Waals surface area (Å²) in [6.07, 6.45) is -0.465. The van der Waals surface area contributed by atoms with E-state index in [1.54, 1.807) is 38.3 Å². The largest absolute Gasteiger partial charge is 0.497 e. The van der Waals surface area contributed by atoms with Crippen LogP contribution >= 0.6 is 0 Å². The third-order valence-corrected chi connectivity index (χ3v) is 3.40. The van der Waals surface area contributed by atoms with Crippen molar-refractivity contribution in [3.63, 3.8) is 0 Å². The second-order valence-corrected chi connectivity index (χ2v) is 5.35. The molecule has 4 nitrogen and oxygen atoms in total. The number of ketones is 1. The van der Waals surface area contributed by atoms with Gasteiger partial charge in [0.2, 0.25) is 0 Å². The summed E-state index contributed by atoms with van der Waals surface area (Å²) < 4.78 is 5.08. The average molecular weight is 265 g/mol. The zero-order valence-electron chi connectivity index (χ0n) is 12.3. The number of hydrogen-bond donors (Lipinski definition) is 1. The van der Waals surface area contributed by atoms with Gasteiger partial charge in [0, 0.05) is 12.1 Å². The molecule has 0 spiro atoms. The molecule has 1 N–H and O–H groups in total. The number of aliphatic hydroxyl groups excluding tert-OH is 1. The lowest BCUT2D eigenvalue weighted by atomic mass is 9.91. The van der Waals surface area contributed by atoms with Gasteiger partial charge in [0.15, 0.2) is 5.78 Å². The summed E-state index contributed by atoms with van der Waals surface area (Å²) in [6, 6.07) is 7.08. The van der Waals surface area contributed by atoms with E-state index in [0.29, 0.717) is 12.1 Å². The van der Waals surface area contributed by atoms with Crippen molar-refractivity contribution >= 4 is 5.78 Å². The van der Waals surface area contributed by atoms with Crippen molar-refractivity contribution in [2.24, 2.45) is 0 Å². The maximum Gasteiger partial charge on any atom is 0.182 e. The third-order valence-electron chi connectivity index (χ3n) is 3.40. The minimum absolute atomic E-state index is 0.0262. The Bertz CT molecular complexity index is 424. The summed E-state index contributed by atoms with van der Waals surface area (Å²) in [4.78, 5) is 14.4. The van der Waals surface area contributed by atoms with Gasteiger partial charge < -0.3 is 9.84 Å². The number of likely N-dealkylation sites (N-methyl/N-ethyl adjacent to an activating group) is 1. The lowest BCUT2D eigenvalue weighted by molar-refractivity contribution is 0.0566. The van der Waals surface area contributed by atoms with Crippen molar-refractivity contribution in [1.29, 1.82) is 0 Å². The van der Waals surface area contributed by atoms with E-state index < -0.39 is 11.6 Å². The molecule has 1 rings (SSSR count). The predicted octanol–water partition coefficient (Wildman–Crippen LogP) is 1.97.